The molecule has 0 aliphatic heterocycles. The Bertz CT molecular complexity index is 1660. The zero-order valence-corrected chi connectivity index (χ0v) is 25.6. The van der Waals surface area contributed by atoms with Crippen LogP contribution in [0.4, 0.5) is 11.4 Å². The third kappa shape index (κ3) is 8.75. The second-order valence-electron chi connectivity index (χ2n) is 10.9. The molecule has 0 unspecified atom stereocenters. The van der Waals surface area contributed by atoms with Crippen LogP contribution >= 0.6 is 0 Å². The van der Waals surface area contributed by atoms with Crippen LogP contribution in [-0.4, -0.2) is 9.85 Å². The molecule has 0 saturated heterocycles. The van der Waals surface area contributed by atoms with Gasteiger partial charge in [0.25, 0.3) is 11.4 Å². The summed E-state index contributed by atoms with van der Waals surface area (Å²) >= 11 is 0. The van der Waals surface area contributed by atoms with E-state index in [-0.39, 0.29) is 11.4 Å². The summed E-state index contributed by atoms with van der Waals surface area (Å²) in [6.45, 7) is 7.17. The summed E-state index contributed by atoms with van der Waals surface area (Å²) < 4.78 is 11.6. The summed E-state index contributed by atoms with van der Waals surface area (Å²) in [6.07, 6.45) is 0. The van der Waals surface area contributed by atoms with Crippen LogP contribution in [0.15, 0.2) is 109 Å². The van der Waals surface area contributed by atoms with E-state index in [1.807, 2.05) is 48.5 Å². The predicted molar refractivity (Wildman–Crippen MR) is 176 cm³/mol. The van der Waals surface area contributed by atoms with Gasteiger partial charge in [-0.05, 0) is 95.8 Å². The van der Waals surface area contributed by atoms with Gasteiger partial charge in [0.2, 0.25) is 0 Å². The Morgan fingerprint density at radius 2 is 0.804 bits per heavy atom. The number of nitrogens with one attached hydrogen (secondary N) is 2. The van der Waals surface area contributed by atoms with Crippen LogP contribution in [0, 0.1) is 34.1 Å². The fourth-order valence-electron chi connectivity index (χ4n) is 4.89. The highest BCUT2D eigenvalue weighted by Crippen LogP contribution is 2.26. The van der Waals surface area contributed by atoms with Crippen molar-refractivity contribution in [1.82, 2.24) is 10.6 Å². The van der Waals surface area contributed by atoms with Gasteiger partial charge in [-0.3, -0.25) is 20.2 Å². The van der Waals surface area contributed by atoms with Crippen LogP contribution in [0.25, 0.3) is 0 Å². The average molecular weight is 619 g/mol. The molecule has 0 saturated carbocycles. The van der Waals surface area contributed by atoms with Gasteiger partial charge in [-0.2, -0.15) is 0 Å². The van der Waals surface area contributed by atoms with Crippen molar-refractivity contribution in [2.24, 2.45) is 0 Å². The SMILES string of the molecule is Cc1cc(CNCc2ccc(Oc3ccc([N+](=O)[O-])cc3)cc2)c(C)cc1CNCc1ccc(Oc2ccc([N+](=O)[O-])cc2)cc1. The number of ether oxygens (including phenoxy) is 2. The van der Waals surface area contributed by atoms with Crippen molar-refractivity contribution in [3.8, 4) is 23.0 Å². The summed E-state index contributed by atoms with van der Waals surface area (Å²) in [6, 6.07) is 32.1. The number of nitro groups is 2. The van der Waals surface area contributed by atoms with Crippen molar-refractivity contribution in [2.45, 2.75) is 40.0 Å². The second-order valence-corrected chi connectivity index (χ2v) is 10.9. The molecule has 5 aromatic carbocycles. The highest BCUT2D eigenvalue weighted by atomic mass is 16.6. The van der Waals surface area contributed by atoms with Crippen LogP contribution in [0.2, 0.25) is 0 Å². The third-order valence-corrected chi connectivity index (χ3v) is 7.50. The van der Waals surface area contributed by atoms with Crippen molar-refractivity contribution in [2.75, 3.05) is 0 Å². The molecule has 0 radical (unpaired) electrons. The van der Waals surface area contributed by atoms with E-state index in [0.29, 0.717) is 36.1 Å². The summed E-state index contributed by atoms with van der Waals surface area (Å²) in [5, 5.41) is 28.7. The van der Waals surface area contributed by atoms with Crippen LogP contribution in [0.3, 0.4) is 0 Å². The molecular formula is C36H34N4O6. The molecule has 2 N–H and O–H groups in total. The monoisotopic (exact) mass is 618 g/mol. The fourth-order valence-corrected chi connectivity index (χ4v) is 4.89. The molecule has 0 aliphatic rings. The topological polar surface area (TPSA) is 129 Å². The number of hydrogen-bond acceptors (Lipinski definition) is 8. The number of nitro benzene ring substituents is 2. The minimum atomic E-state index is -0.435. The second kappa shape index (κ2) is 14.9. The standard InChI is InChI=1S/C36H34N4O6/c1-25-19-30(24-38-22-28-5-13-34(14-6-28)46-36-17-9-32(10-18-36)40(43)44)26(2)20-29(25)23-37-21-27-3-11-33(12-4-27)45-35-15-7-31(8-16-35)39(41)42/h3-20,37-38H,21-24H2,1-2H3. The molecule has 46 heavy (non-hydrogen) atoms. The largest absolute Gasteiger partial charge is 0.457 e. The van der Waals surface area contributed by atoms with Gasteiger partial charge in [0.1, 0.15) is 23.0 Å². The Morgan fingerprint density at radius 1 is 0.500 bits per heavy atom. The first-order chi connectivity index (χ1) is 22.2. The molecule has 0 spiro atoms. The molecule has 10 heteroatoms. The van der Waals surface area contributed by atoms with Crippen molar-refractivity contribution in [1.29, 1.82) is 0 Å². The molecule has 234 valence electrons. The van der Waals surface area contributed by atoms with E-state index in [1.165, 1.54) is 46.5 Å². The van der Waals surface area contributed by atoms with Crippen LogP contribution in [0.5, 0.6) is 23.0 Å². The van der Waals surface area contributed by atoms with Crippen LogP contribution < -0.4 is 20.1 Å². The Labute approximate surface area is 266 Å². The molecule has 10 nitrogen and oxygen atoms in total. The molecule has 0 heterocycles. The van der Waals surface area contributed by atoms with Gasteiger partial charge in [0.15, 0.2) is 0 Å². The molecule has 0 atom stereocenters. The van der Waals surface area contributed by atoms with Gasteiger partial charge in [-0.15, -0.1) is 0 Å². The molecular weight excluding hydrogens is 584 g/mol. The maximum absolute atomic E-state index is 10.8. The van der Waals surface area contributed by atoms with E-state index in [1.54, 1.807) is 24.3 Å². The van der Waals surface area contributed by atoms with Crippen molar-refractivity contribution < 1.29 is 19.3 Å². The maximum Gasteiger partial charge on any atom is 0.269 e. The van der Waals surface area contributed by atoms with E-state index in [0.717, 1.165) is 24.2 Å². The van der Waals surface area contributed by atoms with Crippen LogP contribution in [-0.2, 0) is 26.2 Å². The van der Waals surface area contributed by atoms with Gasteiger partial charge in [-0.1, -0.05) is 36.4 Å². The summed E-state index contributed by atoms with van der Waals surface area (Å²) in [5.74, 6) is 2.42. The zero-order valence-electron chi connectivity index (χ0n) is 25.6. The number of rotatable bonds is 14. The Kier molecular flexibility index (Phi) is 10.3. The molecule has 0 fully saturated rings. The lowest BCUT2D eigenvalue weighted by Crippen LogP contribution is -2.16. The molecule has 5 aromatic rings. The first kappa shape index (κ1) is 31.8. The Balaban J connectivity index is 1.06. The molecule has 5 rings (SSSR count). The third-order valence-electron chi connectivity index (χ3n) is 7.50. The van der Waals surface area contributed by atoms with Crippen molar-refractivity contribution >= 4 is 11.4 Å². The average Bonchev–Trinajstić information content (AvgIpc) is 3.05. The first-order valence-electron chi connectivity index (χ1n) is 14.8. The smallest absolute Gasteiger partial charge is 0.269 e. The number of nitrogens with zero attached hydrogens (tertiary/aromatic N) is 2. The van der Waals surface area contributed by atoms with Gasteiger partial charge in [0.05, 0.1) is 9.85 Å². The van der Waals surface area contributed by atoms with Crippen LogP contribution in [0.1, 0.15) is 33.4 Å². The predicted octanol–water partition coefficient (Wildman–Crippen LogP) is 8.28. The Morgan fingerprint density at radius 3 is 1.11 bits per heavy atom. The Hall–Kier alpha value is -5.58. The van der Waals surface area contributed by atoms with Gasteiger partial charge in [-0.25, -0.2) is 0 Å². The normalized spacial score (nSPS) is 10.8. The minimum absolute atomic E-state index is 0.0283. The zero-order chi connectivity index (χ0) is 32.5. The quantitative estimate of drug-likeness (QED) is 0.0940. The van der Waals surface area contributed by atoms with Crippen molar-refractivity contribution in [3.63, 3.8) is 0 Å². The molecule has 0 aliphatic carbocycles. The number of aryl methyl sites for hydroxylation is 2. The lowest BCUT2D eigenvalue weighted by molar-refractivity contribution is -0.385. The fraction of sp³-hybridized carbons (Fsp3) is 0.167. The summed E-state index contributed by atoms with van der Waals surface area (Å²) in [4.78, 5) is 20.8. The lowest BCUT2D eigenvalue weighted by Gasteiger charge is -2.14. The van der Waals surface area contributed by atoms with Gasteiger partial charge < -0.3 is 20.1 Å². The maximum atomic E-state index is 10.8. The van der Waals surface area contributed by atoms with E-state index < -0.39 is 9.85 Å². The van der Waals surface area contributed by atoms with Gasteiger partial charge >= 0.3 is 0 Å². The molecule has 0 aromatic heterocycles. The van der Waals surface area contributed by atoms with E-state index >= 15 is 0 Å². The lowest BCUT2D eigenvalue weighted by atomic mass is 9.99. The number of non-ortho nitro benzene ring substituents is 2. The van der Waals surface area contributed by atoms with Crippen molar-refractivity contribution in [3.05, 3.63) is 163 Å². The number of benzene rings is 5. The molecule has 0 bridgehead atoms. The van der Waals surface area contributed by atoms with E-state index in [9.17, 15) is 20.2 Å². The molecule has 0 amide bonds. The van der Waals surface area contributed by atoms with E-state index in [2.05, 4.69) is 36.6 Å². The van der Waals surface area contributed by atoms with E-state index in [4.69, 9.17) is 9.47 Å². The highest BCUT2D eigenvalue weighted by molar-refractivity contribution is 5.41. The minimum Gasteiger partial charge on any atom is -0.457 e. The highest BCUT2D eigenvalue weighted by Gasteiger charge is 2.08. The first-order valence-corrected chi connectivity index (χ1v) is 14.8. The summed E-state index contributed by atoms with van der Waals surface area (Å²) in [5.41, 5.74) is 7.27. The van der Waals surface area contributed by atoms with Gasteiger partial charge in [0, 0.05) is 50.4 Å². The number of hydrogen-bond donors (Lipinski definition) is 2. The summed E-state index contributed by atoms with van der Waals surface area (Å²) in [7, 11) is 0.